The van der Waals surface area contributed by atoms with E-state index in [4.69, 9.17) is 15.9 Å². The Morgan fingerprint density at radius 1 is 1.71 bits per heavy atom. The third kappa shape index (κ3) is 2.49. The zero-order valence-corrected chi connectivity index (χ0v) is 7.87. The predicted octanol–water partition coefficient (Wildman–Crippen LogP) is 0.768. The van der Waals surface area contributed by atoms with E-state index in [9.17, 15) is 0 Å². The number of ether oxygens (including phenoxy) is 1. The molecule has 72 valence electrons. The second kappa shape index (κ2) is 4.87. The van der Waals surface area contributed by atoms with Crippen molar-refractivity contribution >= 4 is 5.84 Å². The number of nitrogens with two attached hydrogens (primary N) is 1. The summed E-state index contributed by atoms with van der Waals surface area (Å²) in [6.45, 7) is 1.99. The minimum absolute atomic E-state index is 0.0578. The summed E-state index contributed by atoms with van der Waals surface area (Å²) in [7, 11) is 0. The van der Waals surface area contributed by atoms with Gasteiger partial charge in [-0.25, -0.2) is 4.98 Å². The predicted molar refractivity (Wildman–Crippen MR) is 54.2 cm³/mol. The van der Waals surface area contributed by atoms with E-state index in [1.807, 2.05) is 0 Å². The summed E-state index contributed by atoms with van der Waals surface area (Å²) in [6, 6.07) is 3.39. The molecule has 3 N–H and O–H groups in total. The van der Waals surface area contributed by atoms with Crippen molar-refractivity contribution in [3.63, 3.8) is 0 Å². The lowest BCUT2D eigenvalue weighted by Crippen LogP contribution is -2.14. The second-order valence-electron chi connectivity index (χ2n) is 2.49. The first-order valence-electron chi connectivity index (χ1n) is 4.07. The molecule has 0 unspecified atom stereocenters. The maximum Gasteiger partial charge on any atom is 0.225 e. The number of aromatic nitrogens is 1. The number of rotatable bonds is 3. The van der Waals surface area contributed by atoms with Crippen LogP contribution >= 0.6 is 0 Å². The van der Waals surface area contributed by atoms with E-state index in [0.29, 0.717) is 11.4 Å². The number of nitrogens with one attached hydrogen (secondary N) is 1. The highest BCUT2D eigenvalue weighted by Crippen LogP contribution is 2.12. The molecule has 0 aliphatic rings. The SMILES string of the molecule is CC#CCOc1ncccc1C(=N)N. The van der Waals surface area contributed by atoms with Gasteiger partial charge in [-0.1, -0.05) is 5.92 Å². The van der Waals surface area contributed by atoms with Gasteiger partial charge in [-0.15, -0.1) is 5.92 Å². The molecule has 4 heteroatoms. The van der Waals surface area contributed by atoms with Crippen LogP contribution in [0.3, 0.4) is 0 Å². The third-order valence-electron chi connectivity index (χ3n) is 1.52. The fraction of sp³-hybridized carbons (Fsp3) is 0.200. The van der Waals surface area contributed by atoms with Gasteiger partial charge < -0.3 is 10.5 Å². The van der Waals surface area contributed by atoms with Gasteiger partial charge in [-0.3, -0.25) is 5.41 Å². The molecule has 4 nitrogen and oxygen atoms in total. The van der Waals surface area contributed by atoms with Crippen LogP contribution in [0.4, 0.5) is 0 Å². The second-order valence-corrected chi connectivity index (χ2v) is 2.49. The Bertz CT molecular complexity index is 390. The topological polar surface area (TPSA) is 72.0 Å². The van der Waals surface area contributed by atoms with Crippen LogP contribution in [0.5, 0.6) is 5.88 Å². The number of amidine groups is 1. The summed E-state index contributed by atoms with van der Waals surface area (Å²) in [5.41, 5.74) is 5.84. The zero-order chi connectivity index (χ0) is 10.4. The molecule has 0 saturated heterocycles. The van der Waals surface area contributed by atoms with E-state index >= 15 is 0 Å². The van der Waals surface area contributed by atoms with Crippen molar-refractivity contribution in [2.45, 2.75) is 6.92 Å². The molecule has 0 spiro atoms. The van der Waals surface area contributed by atoms with Crippen molar-refractivity contribution in [2.75, 3.05) is 6.61 Å². The number of nitrogens with zero attached hydrogens (tertiary/aromatic N) is 1. The van der Waals surface area contributed by atoms with E-state index in [1.54, 1.807) is 25.3 Å². The monoisotopic (exact) mass is 189 g/mol. The van der Waals surface area contributed by atoms with Crippen LogP contribution in [0, 0.1) is 17.3 Å². The van der Waals surface area contributed by atoms with Crippen LogP contribution < -0.4 is 10.5 Å². The van der Waals surface area contributed by atoms with Crippen molar-refractivity contribution < 1.29 is 4.74 Å². The Kier molecular flexibility index (Phi) is 3.50. The quantitative estimate of drug-likeness (QED) is 0.419. The lowest BCUT2D eigenvalue weighted by atomic mass is 10.2. The summed E-state index contributed by atoms with van der Waals surface area (Å²) in [6.07, 6.45) is 1.58. The number of hydrogen-bond donors (Lipinski definition) is 2. The average Bonchev–Trinajstić information content (AvgIpc) is 2.19. The lowest BCUT2D eigenvalue weighted by Gasteiger charge is -2.05. The van der Waals surface area contributed by atoms with Gasteiger partial charge in [0.15, 0.2) is 6.61 Å². The van der Waals surface area contributed by atoms with Crippen molar-refractivity contribution in [3.8, 4) is 17.7 Å². The van der Waals surface area contributed by atoms with Crippen LogP contribution in [0.1, 0.15) is 12.5 Å². The number of pyridine rings is 1. The molecule has 0 aliphatic carbocycles. The van der Waals surface area contributed by atoms with E-state index < -0.39 is 0 Å². The van der Waals surface area contributed by atoms with Gasteiger partial charge in [-0.05, 0) is 19.1 Å². The van der Waals surface area contributed by atoms with Gasteiger partial charge in [-0.2, -0.15) is 0 Å². The third-order valence-corrected chi connectivity index (χ3v) is 1.52. The van der Waals surface area contributed by atoms with Crippen LogP contribution in [0.2, 0.25) is 0 Å². The van der Waals surface area contributed by atoms with E-state index in [1.165, 1.54) is 0 Å². The maximum absolute atomic E-state index is 7.28. The molecule has 1 rings (SSSR count). The Morgan fingerprint density at radius 2 is 2.50 bits per heavy atom. The summed E-state index contributed by atoms with van der Waals surface area (Å²) in [5, 5.41) is 7.28. The highest BCUT2D eigenvalue weighted by Gasteiger charge is 2.05. The largest absolute Gasteiger partial charge is 0.464 e. The fourth-order valence-electron chi connectivity index (χ4n) is 0.887. The van der Waals surface area contributed by atoms with Gasteiger partial charge in [0.05, 0.1) is 5.56 Å². The minimum Gasteiger partial charge on any atom is -0.464 e. The first-order valence-corrected chi connectivity index (χ1v) is 4.07. The van der Waals surface area contributed by atoms with Gasteiger partial charge in [0.2, 0.25) is 5.88 Å². The molecule has 0 saturated carbocycles. The molecule has 0 amide bonds. The summed E-state index contributed by atoms with van der Waals surface area (Å²) >= 11 is 0. The first kappa shape index (κ1) is 10.1. The van der Waals surface area contributed by atoms with Crippen molar-refractivity contribution in [1.29, 1.82) is 5.41 Å². The van der Waals surface area contributed by atoms with E-state index in [0.717, 1.165) is 0 Å². The fourth-order valence-corrected chi connectivity index (χ4v) is 0.887. The molecule has 14 heavy (non-hydrogen) atoms. The van der Waals surface area contributed by atoms with E-state index in [-0.39, 0.29) is 12.4 Å². The van der Waals surface area contributed by atoms with Crippen LogP contribution in [-0.4, -0.2) is 17.4 Å². The van der Waals surface area contributed by atoms with Gasteiger partial charge >= 0.3 is 0 Å². The summed E-state index contributed by atoms with van der Waals surface area (Å²) < 4.78 is 5.23. The lowest BCUT2D eigenvalue weighted by molar-refractivity contribution is 0.354. The molecule has 1 aromatic heterocycles. The molecular formula is C10H11N3O. The molecule has 1 heterocycles. The Morgan fingerprint density at radius 3 is 3.14 bits per heavy atom. The van der Waals surface area contributed by atoms with Gasteiger partial charge in [0, 0.05) is 6.20 Å². The zero-order valence-electron chi connectivity index (χ0n) is 7.87. The van der Waals surface area contributed by atoms with Gasteiger partial charge in [0.1, 0.15) is 5.84 Å². The van der Waals surface area contributed by atoms with Crippen LogP contribution in [0.15, 0.2) is 18.3 Å². The standard InChI is InChI=1S/C10H11N3O/c1-2-3-7-14-10-8(9(11)12)5-4-6-13-10/h4-6H,7H2,1H3,(H3,11,12). The Hall–Kier alpha value is -2.02. The smallest absolute Gasteiger partial charge is 0.225 e. The molecule has 0 bridgehead atoms. The molecule has 0 atom stereocenters. The van der Waals surface area contributed by atoms with Crippen molar-refractivity contribution in [2.24, 2.45) is 5.73 Å². The Balaban J connectivity index is 2.83. The minimum atomic E-state index is -0.0578. The average molecular weight is 189 g/mol. The molecule has 0 aliphatic heterocycles. The molecule has 1 aromatic rings. The van der Waals surface area contributed by atoms with Crippen LogP contribution in [-0.2, 0) is 0 Å². The molecular weight excluding hydrogens is 178 g/mol. The molecule has 0 radical (unpaired) electrons. The number of nitrogen functional groups attached to an aromatic ring is 1. The summed E-state index contributed by atoms with van der Waals surface area (Å²) in [4.78, 5) is 3.96. The highest BCUT2D eigenvalue weighted by atomic mass is 16.5. The highest BCUT2D eigenvalue weighted by molar-refractivity contribution is 5.96. The normalized spacial score (nSPS) is 8.64. The summed E-state index contributed by atoms with van der Waals surface area (Å²) in [5.74, 6) is 5.73. The van der Waals surface area contributed by atoms with Crippen molar-refractivity contribution in [3.05, 3.63) is 23.9 Å². The van der Waals surface area contributed by atoms with Crippen LogP contribution in [0.25, 0.3) is 0 Å². The first-order chi connectivity index (χ1) is 6.75. The van der Waals surface area contributed by atoms with Gasteiger partial charge in [0.25, 0.3) is 0 Å². The number of hydrogen-bond acceptors (Lipinski definition) is 3. The Labute approximate surface area is 82.6 Å². The molecule has 0 aromatic carbocycles. The van der Waals surface area contributed by atoms with E-state index in [2.05, 4.69) is 16.8 Å². The molecule has 0 fully saturated rings. The van der Waals surface area contributed by atoms with Crippen molar-refractivity contribution in [1.82, 2.24) is 4.98 Å². The maximum atomic E-state index is 7.28.